The van der Waals surface area contributed by atoms with Crippen molar-refractivity contribution in [1.82, 2.24) is 24.1 Å². The fourth-order valence-electron chi connectivity index (χ4n) is 8.63. The highest BCUT2D eigenvalue weighted by atomic mass is 16.3. The van der Waals surface area contributed by atoms with Gasteiger partial charge in [-0.3, -0.25) is 0 Å². The summed E-state index contributed by atoms with van der Waals surface area (Å²) in [5.41, 5.74) is 11.2. The molecule has 6 nitrogen and oxygen atoms in total. The van der Waals surface area contributed by atoms with Crippen molar-refractivity contribution in [3.05, 3.63) is 188 Å². The van der Waals surface area contributed by atoms with Crippen molar-refractivity contribution in [2.75, 3.05) is 0 Å². The van der Waals surface area contributed by atoms with E-state index in [1.54, 1.807) is 0 Å². The maximum atomic E-state index is 6.57. The van der Waals surface area contributed by atoms with Gasteiger partial charge in [0.2, 0.25) is 0 Å². The molecule has 0 unspecified atom stereocenters. The van der Waals surface area contributed by atoms with E-state index in [4.69, 9.17) is 19.4 Å². The lowest BCUT2D eigenvalue weighted by Gasteiger charge is -2.11. The second-order valence-electron chi connectivity index (χ2n) is 14.4. The fraction of sp³-hybridized carbons (Fsp3) is 0. The third kappa shape index (κ3) is 4.87. The molecule has 0 N–H and O–H groups in total. The minimum atomic E-state index is 0.603. The molecular formula is C51H31N5O. The van der Waals surface area contributed by atoms with Gasteiger partial charge in [0.25, 0.3) is 0 Å². The van der Waals surface area contributed by atoms with Gasteiger partial charge in [-0.1, -0.05) is 121 Å². The molecule has 0 aliphatic heterocycles. The average molecular weight is 730 g/mol. The Morgan fingerprint density at radius 1 is 0.333 bits per heavy atom. The molecule has 0 atom stereocenters. The number of aromatic nitrogens is 5. The summed E-state index contributed by atoms with van der Waals surface area (Å²) in [5.74, 6) is 1.86. The predicted octanol–water partition coefficient (Wildman–Crippen LogP) is 13.0. The number of furan rings is 1. The van der Waals surface area contributed by atoms with Gasteiger partial charge in [0, 0.05) is 49.3 Å². The lowest BCUT2D eigenvalue weighted by Crippen LogP contribution is -2.00. The Bertz CT molecular complexity index is 3410. The number of para-hydroxylation sites is 3. The second-order valence-corrected chi connectivity index (χ2v) is 14.4. The zero-order valence-corrected chi connectivity index (χ0v) is 30.5. The van der Waals surface area contributed by atoms with Gasteiger partial charge < -0.3 is 13.6 Å². The standard InChI is InChI=1S/C51H31N5O/c1-3-14-32(15-4-1)49-52-50(33-16-5-2-6-17-33)54-51(53-49)34-26-29-46-40(30-34)48-45(24-13-25-47(48)57-46)56-43-23-12-9-20-38(43)39-31-35(27-28-44(39)56)55-41-21-10-7-18-36(41)37-19-8-11-22-42(37)55/h1-31H. The van der Waals surface area contributed by atoms with Crippen LogP contribution in [0.1, 0.15) is 0 Å². The number of rotatable bonds is 5. The molecule has 0 spiro atoms. The van der Waals surface area contributed by atoms with Crippen LogP contribution in [0.4, 0.5) is 0 Å². The van der Waals surface area contributed by atoms with E-state index in [2.05, 4.69) is 124 Å². The van der Waals surface area contributed by atoms with E-state index in [0.717, 1.165) is 61.0 Å². The summed E-state index contributed by atoms with van der Waals surface area (Å²) in [4.78, 5) is 15.0. The molecule has 12 aromatic rings. The second kappa shape index (κ2) is 12.3. The molecule has 0 aliphatic rings. The number of nitrogens with zero attached hydrogens (tertiary/aromatic N) is 5. The van der Waals surface area contributed by atoms with Gasteiger partial charge in [-0.05, 0) is 66.7 Å². The van der Waals surface area contributed by atoms with Crippen LogP contribution in [0.5, 0.6) is 0 Å². The summed E-state index contributed by atoms with van der Waals surface area (Å²) in [7, 11) is 0. The topological polar surface area (TPSA) is 61.7 Å². The smallest absolute Gasteiger partial charge is 0.164 e. The lowest BCUT2D eigenvalue weighted by molar-refractivity contribution is 0.669. The van der Waals surface area contributed by atoms with Gasteiger partial charge in [0.05, 0.1) is 33.1 Å². The number of hydrogen-bond donors (Lipinski definition) is 0. The first kappa shape index (κ1) is 31.5. The molecule has 0 saturated carbocycles. The Kier molecular flexibility index (Phi) is 6.83. The molecule has 4 heterocycles. The van der Waals surface area contributed by atoms with Crippen molar-refractivity contribution in [1.29, 1.82) is 0 Å². The summed E-state index contributed by atoms with van der Waals surface area (Å²) in [6.45, 7) is 0. The molecule has 12 rings (SSSR count). The van der Waals surface area contributed by atoms with Crippen molar-refractivity contribution in [2.24, 2.45) is 0 Å². The summed E-state index contributed by atoms with van der Waals surface area (Å²) >= 11 is 0. The normalized spacial score (nSPS) is 11.9. The molecular weight excluding hydrogens is 699 g/mol. The van der Waals surface area contributed by atoms with E-state index in [0.29, 0.717) is 17.5 Å². The average Bonchev–Trinajstić information content (AvgIpc) is 3.94. The van der Waals surface area contributed by atoms with E-state index < -0.39 is 0 Å². The molecule has 266 valence electrons. The van der Waals surface area contributed by atoms with Gasteiger partial charge >= 0.3 is 0 Å². The van der Waals surface area contributed by atoms with Crippen LogP contribution in [0.25, 0.3) is 111 Å². The van der Waals surface area contributed by atoms with Crippen LogP contribution >= 0.6 is 0 Å². The van der Waals surface area contributed by atoms with Gasteiger partial charge in [-0.2, -0.15) is 0 Å². The van der Waals surface area contributed by atoms with Crippen LogP contribution < -0.4 is 0 Å². The van der Waals surface area contributed by atoms with Crippen LogP contribution in [0.15, 0.2) is 192 Å². The minimum absolute atomic E-state index is 0.603. The SMILES string of the molecule is c1ccc(-c2nc(-c3ccccc3)nc(-c3ccc4oc5cccc(-n6c7ccccc7c7cc(-n8c9ccccc9c9ccccc98)ccc76)c5c4c3)n2)cc1. The largest absolute Gasteiger partial charge is 0.456 e. The molecule has 0 amide bonds. The van der Waals surface area contributed by atoms with Crippen LogP contribution in [0.2, 0.25) is 0 Å². The number of benzene rings is 8. The van der Waals surface area contributed by atoms with Crippen LogP contribution in [0, 0.1) is 0 Å². The summed E-state index contributed by atoms with van der Waals surface area (Å²) < 4.78 is 11.3. The van der Waals surface area contributed by atoms with Gasteiger partial charge in [0.15, 0.2) is 17.5 Å². The van der Waals surface area contributed by atoms with E-state index in [1.807, 2.05) is 72.8 Å². The quantitative estimate of drug-likeness (QED) is 0.177. The lowest BCUT2D eigenvalue weighted by atomic mass is 10.1. The van der Waals surface area contributed by atoms with Crippen LogP contribution in [-0.2, 0) is 0 Å². The zero-order chi connectivity index (χ0) is 37.5. The molecule has 0 aliphatic carbocycles. The zero-order valence-electron chi connectivity index (χ0n) is 30.5. The predicted molar refractivity (Wildman–Crippen MR) is 232 cm³/mol. The molecule has 0 saturated heterocycles. The molecule has 0 fully saturated rings. The van der Waals surface area contributed by atoms with Crippen LogP contribution in [0.3, 0.4) is 0 Å². The molecule has 8 aromatic carbocycles. The monoisotopic (exact) mass is 729 g/mol. The molecule has 4 aromatic heterocycles. The van der Waals surface area contributed by atoms with E-state index in [9.17, 15) is 0 Å². The Morgan fingerprint density at radius 2 is 0.860 bits per heavy atom. The Balaban J connectivity index is 1.07. The maximum absolute atomic E-state index is 6.57. The van der Waals surface area contributed by atoms with E-state index >= 15 is 0 Å². The Labute approximate surface area is 326 Å². The first-order chi connectivity index (χ1) is 28.3. The first-order valence-corrected chi connectivity index (χ1v) is 19.1. The molecule has 0 bridgehead atoms. The van der Waals surface area contributed by atoms with Crippen molar-refractivity contribution in [3.63, 3.8) is 0 Å². The van der Waals surface area contributed by atoms with Gasteiger partial charge in [-0.15, -0.1) is 0 Å². The van der Waals surface area contributed by atoms with Gasteiger partial charge in [-0.25, -0.2) is 15.0 Å². The minimum Gasteiger partial charge on any atom is -0.456 e. The number of hydrogen-bond acceptors (Lipinski definition) is 4. The molecule has 6 heteroatoms. The van der Waals surface area contributed by atoms with Crippen molar-refractivity contribution in [3.8, 4) is 45.5 Å². The third-order valence-corrected chi connectivity index (χ3v) is 11.2. The molecule has 0 radical (unpaired) electrons. The third-order valence-electron chi connectivity index (χ3n) is 11.2. The fourth-order valence-corrected chi connectivity index (χ4v) is 8.63. The van der Waals surface area contributed by atoms with Gasteiger partial charge in [0.1, 0.15) is 11.2 Å². The first-order valence-electron chi connectivity index (χ1n) is 19.1. The molecule has 57 heavy (non-hydrogen) atoms. The Morgan fingerprint density at radius 3 is 1.49 bits per heavy atom. The highest BCUT2D eigenvalue weighted by Crippen LogP contribution is 2.41. The maximum Gasteiger partial charge on any atom is 0.164 e. The van der Waals surface area contributed by atoms with Crippen molar-refractivity contribution < 1.29 is 4.42 Å². The highest BCUT2D eigenvalue weighted by molar-refractivity contribution is 6.16. The highest BCUT2D eigenvalue weighted by Gasteiger charge is 2.21. The van der Waals surface area contributed by atoms with Crippen molar-refractivity contribution >= 4 is 65.6 Å². The summed E-state index contributed by atoms with van der Waals surface area (Å²) in [6.07, 6.45) is 0. The summed E-state index contributed by atoms with van der Waals surface area (Å²) in [5, 5.41) is 6.89. The van der Waals surface area contributed by atoms with Crippen molar-refractivity contribution in [2.45, 2.75) is 0 Å². The van der Waals surface area contributed by atoms with Crippen LogP contribution in [-0.4, -0.2) is 24.1 Å². The number of fused-ring (bicyclic) bond motifs is 9. The van der Waals surface area contributed by atoms with E-state index in [1.165, 1.54) is 32.6 Å². The van der Waals surface area contributed by atoms with E-state index in [-0.39, 0.29) is 0 Å². The Hall–Kier alpha value is -7.83. The summed E-state index contributed by atoms with van der Waals surface area (Å²) in [6, 6.07) is 65.6.